The molecule has 18 heavy (non-hydrogen) atoms. The van der Waals surface area contributed by atoms with Gasteiger partial charge in [0.15, 0.2) is 0 Å². The number of nitrogens with two attached hydrogens (primary N) is 1. The van der Waals surface area contributed by atoms with E-state index in [9.17, 15) is 4.79 Å². The molecule has 0 saturated carbocycles. The van der Waals surface area contributed by atoms with E-state index in [1.165, 1.54) is 5.56 Å². The number of benzene rings is 1. The van der Waals surface area contributed by atoms with Crippen LogP contribution in [0.15, 0.2) is 24.3 Å². The van der Waals surface area contributed by atoms with Crippen molar-refractivity contribution in [2.75, 3.05) is 11.5 Å². The van der Waals surface area contributed by atoms with E-state index in [4.69, 9.17) is 15.6 Å². The van der Waals surface area contributed by atoms with Gasteiger partial charge in [-0.1, -0.05) is 18.2 Å². The van der Waals surface area contributed by atoms with E-state index < -0.39 is 12.0 Å². The SMILES string of the molecule is NC(CCSCC1Cc2ccccc2O1)C(=O)O. The van der Waals surface area contributed by atoms with Gasteiger partial charge in [0.1, 0.15) is 17.9 Å². The van der Waals surface area contributed by atoms with Gasteiger partial charge in [-0.05, 0) is 23.8 Å². The van der Waals surface area contributed by atoms with Crippen LogP contribution in [0.5, 0.6) is 5.75 Å². The summed E-state index contributed by atoms with van der Waals surface area (Å²) in [5.74, 6) is 1.68. The molecule has 0 fully saturated rings. The molecule has 0 radical (unpaired) electrons. The summed E-state index contributed by atoms with van der Waals surface area (Å²) >= 11 is 1.70. The minimum atomic E-state index is -0.930. The van der Waals surface area contributed by atoms with Crippen LogP contribution >= 0.6 is 11.8 Å². The summed E-state index contributed by atoms with van der Waals surface area (Å²) in [5, 5.41) is 8.65. The normalized spacial score (nSPS) is 19.1. The van der Waals surface area contributed by atoms with Crippen LogP contribution in [0.25, 0.3) is 0 Å². The fourth-order valence-electron chi connectivity index (χ4n) is 1.90. The van der Waals surface area contributed by atoms with E-state index in [0.717, 1.165) is 23.7 Å². The Labute approximate surface area is 111 Å². The molecule has 1 aromatic carbocycles. The van der Waals surface area contributed by atoms with Crippen LogP contribution < -0.4 is 10.5 Å². The summed E-state index contributed by atoms with van der Waals surface area (Å²) in [7, 11) is 0. The molecule has 0 spiro atoms. The third-order valence-electron chi connectivity index (χ3n) is 2.91. The average molecular weight is 267 g/mol. The summed E-state index contributed by atoms with van der Waals surface area (Å²) in [6.07, 6.45) is 1.64. The Morgan fingerprint density at radius 3 is 3.06 bits per heavy atom. The molecule has 2 unspecified atom stereocenters. The van der Waals surface area contributed by atoms with Crippen molar-refractivity contribution < 1.29 is 14.6 Å². The molecule has 2 atom stereocenters. The first-order chi connectivity index (χ1) is 8.66. The van der Waals surface area contributed by atoms with E-state index in [0.29, 0.717) is 6.42 Å². The highest BCUT2D eigenvalue weighted by molar-refractivity contribution is 7.99. The molecule has 0 aromatic heterocycles. The van der Waals surface area contributed by atoms with Crippen LogP contribution in [0.4, 0.5) is 0 Å². The first kappa shape index (κ1) is 13.2. The number of aliphatic carboxylic acids is 1. The van der Waals surface area contributed by atoms with Gasteiger partial charge in [-0.15, -0.1) is 0 Å². The lowest BCUT2D eigenvalue weighted by Gasteiger charge is -2.11. The minimum Gasteiger partial charge on any atom is -0.489 e. The van der Waals surface area contributed by atoms with Gasteiger partial charge in [-0.3, -0.25) is 4.79 Å². The number of carboxylic acids is 1. The molecule has 1 aromatic rings. The zero-order valence-corrected chi connectivity index (χ0v) is 10.9. The number of fused-ring (bicyclic) bond motifs is 1. The highest BCUT2D eigenvalue weighted by Crippen LogP contribution is 2.29. The number of thioether (sulfide) groups is 1. The van der Waals surface area contributed by atoms with E-state index in [-0.39, 0.29) is 6.10 Å². The fraction of sp³-hybridized carbons (Fsp3) is 0.462. The monoisotopic (exact) mass is 267 g/mol. The summed E-state index contributed by atoms with van der Waals surface area (Å²) in [6.45, 7) is 0. The summed E-state index contributed by atoms with van der Waals surface area (Å²) in [6, 6.07) is 7.31. The summed E-state index contributed by atoms with van der Waals surface area (Å²) in [5.41, 5.74) is 6.69. The Kier molecular flexibility index (Phi) is 4.49. The molecule has 0 amide bonds. The largest absolute Gasteiger partial charge is 0.489 e. The lowest BCUT2D eigenvalue weighted by Crippen LogP contribution is -2.30. The number of para-hydroxylation sites is 1. The van der Waals surface area contributed by atoms with Gasteiger partial charge in [0, 0.05) is 12.2 Å². The number of hydrogen-bond acceptors (Lipinski definition) is 4. The molecule has 5 heteroatoms. The van der Waals surface area contributed by atoms with Gasteiger partial charge in [0.05, 0.1) is 0 Å². The van der Waals surface area contributed by atoms with E-state index in [2.05, 4.69) is 6.07 Å². The maximum absolute atomic E-state index is 10.5. The van der Waals surface area contributed by atoms with Crippen molar-refractivity contribution >= 4 is 17.7 Å². The van der Waals surface area contributed by atoms with Crippen molar-refractivity contribution in [2.24, 2.45) is 5.73 Å². The number of rotatable bonds is 6. The second kappa shape index (κ2) is 6.11. The molecule has 0 saturated heterocycles. The van der Waals surface area contributed by atoms with Crippen molar-refractivity contribution in [1.29, 1.82) is 0 Å². The Balaban J connectivity index is 1.67. The van der Waals surface area contributed by atoms with E-state index >= 15 is 0 Å². The van der Waals surface area contributed by atoms with Crippen LogP contribution in [0, 0.1) is 0 Å². The van der Waals surface area contributed by atoms with Crippen LogP contribution in [-0.4, -0.2) is 34.7 Å². The molecule has 0 aliphatic carbocycles. The maximum Gasteiger partial charge on any atom is 0.320 e. The van der Waals surface area contributed by atoms with Crippen molar-refractivity contribution in [3.05, 3.63) is 29.8 Å². The Bertz CT molecular complexity index is 399. The molecule has 4 nitrogen and oxygen atoms in total. The van der Waals surface area contributed by atoms with Crippen molar-refractivity contribution in [3.8, 4) is 5.75 Å². The topological polar surface area (TPSA) is 72.5 Å². The van der Waals surface area contributed by atoms with E-state index in [1.54, 1.807) is 11.8 Å². The Morgan fingerprint density at radius 1 is 1.56 bits per heavy atom. The smallest absolute Gasteiger partial charge is 0.320 e. The van der Waals surface area contributed by atoms with Gasteiger partial charge >= 0.3 is 5.97 Å². The number of carbonyl (C=O) groups is 1. The summed E-state index contributed by atoms with van der Waals surface area (Å²) in [4.78, 5) is 10.5. The molecule has 2 rings (SSSR count). The van der Waals surface area contributed by atoms with Crippen LogP contribution in [0.1, 0.15) is 12.0 Å². The Morgan fingerprint density at radius 2 is 2.33 bits per heavy atom. The zero-order chi connectivity index (χ0) is 13.0. The molecule has 98 valence electrons. The van der Waals surface area contributed by atoms with Crippen LogP contribution in [0.3, 0.4) is 0 Å². The third kappa shape index (κ3) is 3.40. The Hall–Kier alpha value is -1.20. The zero-order valence-electron chi connectivity index (χ0n) is 10.0. The average Bonchev–Trinajstić information content (AvgIpc) is 2.76. The second-order valence-electron chi connectivity index (χ2n) is 4.36. The quantitative estimate of drug-likeness (QED) is 0.765. The predicted molar refractivity (Wildman–Crippen MR) is 72.1 cm³/mol. The molecule has 1 aliphatic heterocycles. The molecular formula is C13H17NO3S. The fourth-order valence-corrected chi connectivity index (χ4v) is 2.93. The van der Waals surface area contributed by atoms with Gasteiger partial charge in [-0.2, -0.15) is 11.8 Å². The lowest BCUT2D eigenvalue weighted by atomic mass is 10.1. The molecule has 3 N–H and O–H groups in total. The summed E-state index contributed by atoms with van der Waals surface area (Å²) < 4.78 is 5.79. The molecule has 1 aliphatic rings. The predicted octanol–water partition coefficient (Wildman–Crippen LogP) is 1.53. The first-order valence-corrected chi connectivity index (χ1v) is 7.13. The molecule has 1 heterocycles. The minimum absolute atomic E-state index is 0.202. The maximum atomic E-state index is 10.5. The van der Waals surface area contributed by atoms with Crippen molar-refractivity contribution in [1.82, 2.24) is 0 Å². The standard InChI is InChI=1S/C13H17NO3S/c14-11(13(15)16)5-6-18-8-10-7-9-3-1-2-4-12(9)17-10/h1-4,10-11H,5-8,14H2,(H,15,16). The van der Waals surface area contributed by atoms with Gasteiger partial charge in [0.2, 0.25) is 0 Å². The molecular weight excluding hydrogens is 250 g/mol. The van der Waals surface area contributed by atoms with Gasteiger partial charge < -0.3 is 15.6 Å². The van der Waals surface area contributed by atoms with Crippen LogP contribution in [0.2, 0.25) is 0 Å². The second-order valence-corrected chi connectivity index (χ2v) is 5.51. The van der Waals surface area contributed by atoms with Crippen LogP contribution in [-0.2, 0) is 11.2 Å². The highest BCUT2D eigenvalue weighted by Gasteiger charge is 2.22. The van der Waals surface area contributed by atoms with Gasteiger partial charge in [0.25, 0.3) is 0 Å². The van der Waals surface area contributed by atoms with Gasteiger partial charge in [-0.25, -0.2) is 0 Å². The molecule has 0 bridgehead atoms. The lowest BCUT2D eigenvalue weighted by molar-refractivity contribution is -0.138. The highest BCUT2D eigenvalue weighted by atomic mass is 32.2. The third-order valence-corrected chi connectivity index (χ3v) is 4.04. The number of hydrogen-bond donors (Lipinski definition) is 2. The number of ether oxygens (including phenoxy) is 1. The van der Waals surface area contributed by atoms with Crippen molar-refractivity contribution in [3.63, 3.8) is 0 Å². The number of carboxylic acid groups (broad SMARTS) is 1. The van der Waals surface area contributed by atoms with E-state index in [1.807, 2.05) is 18.2 Å². The first-order valence-electron chi connectivity index (χ1n) is 5.97. The van der Waals surface area contributed by atoms with Crippen molar-refractivity contribution in [2.45, 2.75) is 25.0 Å².